The highest BCUT2D eigenvalue weighted by Crippen LogP contribution is 2.19. The molecule has 0 aliphatic carbocycles. The number of anilines is 4. The van der Waals surface area contributed by atoms with Crippen molar-refractivity contribution >= 4 is 35.7 Å². The second kappa shape index (κ2) is 11.1. The number of hydrogen-bond donors (Lipinski definition) is 2. The fraction of sp³-hybridized carbons (Fsp3) is 0.160. The van der Waals surface area contributed by atoms with Crippen molar-refractivity contribution in [2.45, 2.75) is 0 Å². The van der Waals surface area contributed by atoms with Gasteiger partial charge in [0.1, 0.15) is 5.75 Å². The number of rotatable bonds is 8. The van der Waals surface area contributed by atoms with Gasteiger partial charge < -0.3 is 24.1 Å². The highest BCUT2D eigenvalue weighted by atomic mass is 16.5. The molecule has 3 heterocycles. The average molecular weight is 486 g/mol. The Labute approximate surface area is 206 Å². The third-order valence-electron chi connectivity index (χ3n) is 5.14. The number of nitrogens with one attached hydrogen (secondary N) is 2. The molecule has 5 rings (SSSR count). The van der Waals surface area contributed by atoms with Gasteiger partial charge in [-0.1, -0.05) is 18.2 Å². The second-order valence-corrected chi connectivity index (χ2v) is 7.68. The van der Waals surface area contributed by atoms with Gasteiger partial charge in [0.25, 0.3) is 0 Å². The summed E-state index contributed by atoms with van der Waals surface area (Å²) in [6.07, 6.45) is 3.03. The molecule has 11 heteroatoms. The number of hydrazone groups is 1. The SMILES string of the molecule is O=C(Oc1ccc(C=NNc2nc(Nc3ccccc3)nc(N3CCOCC3)n2)cc1)c1ccco1. The number of benzene rings is 2. The Morgan fingerprint density at radius 2 is 1.72 bits per heavy atom. The van der Waals surface area contributed by atoms with Crippen molar-refractivity contribution in [1.82, 2.24) is 15.0 Å². The van der Waals surface area contributed by atoms with E-state index in [1.54, 1.807) is 42.6 Å². The van der Waals surface area contributed by atoms with Crippen molar-refractivity contribution in [2.24, 2.45) is 5.10 Å². The highest BCUT2D eigenvalue weighted by molar-refractivity contribution is 5.88. The lowest BCUT2D eigenvalue weighted by atomic mass is 10.2. The van der Waals surface area contributed by atoms with Crippen LogP contribution in [0.2, 0.25) is 0 Å². The van der Waals surface area contributed by atoms with E-state index in [9.17, 15) is 4.79 Å². The summed E-state index contributed by atoms with van der Waals surface area (Å²) in [6, 6.07) is 19.7. The number of nitrogens with zero attached hydrogens (tertiary/aromatic N) is 5. The standard InChI is InChI=1S/C25H23N7O4/c33-22(21-7-4-14-35-21)36-20-10-8-18(9-11-20)17-26-31-24-28-23(27-19-5-2-1-3-6-19)29-25(30-24)32-12-15-34-16-13-32/h1-11,14,17H,12-13,15-16H2,(H2,27,28,29,30,31). The van der Waals surface area contributed by atoms with Crippen molar-refractivity contribution in [3.05, 3.63) is 84.3 Å². The molecule has 1 aliphatic heterocycles. The second-order valence-electron chi connectivity index (χ2n) is 7.68. The first kappa shape index (κ1) is 23.0. The predicted molar refractivity (Wildman–Crippen MR) is 134 cm³/mol. The lowest BCUT2D eigenvalue weighted by molar-refractivity contribution is 0.0701. The van der Waals surface area contributed by atoms with E-state index < -0.39 is 5.97 Å². The number of aromatic nitrogens is 3. The molecular formula is C25H23N7O4. The van der Waals surface area contributed by atoms with Crippen LogP contribution < -0.4 is 20.4 Å². The Hall–Kier alpha value is -4.77. The van der Waals surface area contributed by atoms with Crippen molar-refractivity contribution in [1.29, 1.82) is 0 Å². The molecule has 1 saturated heterocycles. The van der Waals surface area contributed by atoms with Gasteiger partial charge in [0.15, 0.2) is 0 Å². The monoisotopic (exact) mass is 485 g/mol. The maximum Gasteiger partial charge on any atom is 0.379 e. The van der Waals surface area contributed by atoms with Crippen LogP contribution in [0, 0.1) is 0 Å². The molecule has 2 N–H and O–H groups in total. The third kappa shape index (κ3) is 6.02. The minimum atomic E-state index is -0.561. The summed E-state index contributed by atoms with van der Waals surface area (Å²) in [5.74, 6) is 1.20. The number of para-hydroxylation sites is 1. The van der Waals surface area contributed by atoms with Crippen LogP contribution in [0.3, 0.4) is 0 Å². The van der Waals surface area contributed by atoms with Crippen LogP contribution in [0.25, 0.3) is 0 Å². The van der Waals surface area contributed by atoms with Crippen molar-refractivity contribution < 1.29 is 18.7 Å². The quantitative estimate of drug-likeness (QED) is 0.165. The van der Waals surface area contributed by atoms with Crippen molar-refractivity contribution in [3.8, 4) is 5.75 Å². The molecule has 4 aromatic rings. The predicted octanol–water partition coefficient (Wildman–Crippen LogP) is 3.71. The molecule has 0 spiro atoms. The van der Waals surface area contributed by atoms with Crippen LogP contribution in [-0.4, -0.2) is 53.4 Å². The zero-order chi connectivity index (χ0) is 24.6. The van der Waals surface area contributed by atoms with Gasteiger partial charge >= 0.3 is 5.97 Å². The summed E-state index contributed by atoms with van der Waals surface area (Å²) >= 11 is 0. The van der Waals surface area contributed by atoms with Crippen LogP contribution in [0.15, 0.2) is 82.5 Å². The minimum Gasteiger partial charge on any atom is -0.457 e. The molecule has 0 unspecified atom stereocenters. The molecule has 36 heavy (non-hydrogen) atoms. The normalized spacial score (nSPS) is 13.5. The van der Waals surface area contributed by atoms with E-state index in [-0.39, 0.29) is 5.76 Å². The lowest BCUT2D eigenvalue weighted by Gasteiger charge is -2.27. The van der Waals surface area contributed by atoms with Gasteiger partial charge in [0.2, 0.25) is 23.6 Å². The molecule has 0 bridgehead atoms. The van der Waals surface area contributed by atoms with Gasteiger partial charge in [-0.05, 0) is 54.1 Å². The number of ether oxygens (including phenoxy) is 2. The van der Waals surface area contributed by atoms with Crippen LogP contribution in [-0.2, 0) is 4.74 Å². The molecule has 0 radical (unpaired) electrons. The molecule has 0 amide bonds. The fourth-order valence-corrected chi connectivity index (χ4v) is 3.36. The molecule has 0 atom stereocenters. The fourth-order valence-electron chi connectivity index (χ4n) is 3.36. The molecule has 182 valence electrons. The molecule has 2 aromatic heterocycles. The van der Waals surface area contributed by atoms with Crippen molar-refractivity contribution in [2.75, 3.05) is 41.9 Å². The van der Waals surface area contributed by atoms with Gasteiger partial charge in [-0.3, -0.25) is 0 Å². The zero-order valence-corrected chi connectivity index (χ0v) is 19.2. The maximum absolute atomic E-state index is 12.0. The van der Waals surface area contributed by atoms with E-state index in [0.717, 1.165) is 11.3 Å². The first-order valence-corrected chi connectivity index (χ1v) is 11.3. The van der Waals surface area contributed by atoms with Crippen LogP contribution in [0.1, 0.15) is 16.1 Å². The summed E-state index contributed by atoms with van der Waals surface area (Å²) in [6.45, 7) is 2.60. The maximum atomic E-state index is 12.0. The number of hydrogen-bond acceptors (Lipinski definition) is 11. The Morgan fingerprint density at radius 3 is 2.47 bits per heavy atom. The zero-order valence-electron chi connectivity index (χ0n) is 19.2. The average Bonchev–Trinajstić information content (AvgIpc) is 3.46. The summed E-state index contributed by atoms with van der Waals surface area (Å²) in [4.78, 5) is 27.6. The molecule has 1 aliphatic rings. The molecule has 2 aromatic carbocycles. The number of carbonyl (C=O) groups is 1. The van der Waals surface area contributed by atoms with Crippen LogP contribution in [0.5, 0.6) is 5.75 Å². The Morgan fingerprint density at radius 1 is 0.944 bits per heavy atom. The van der Waals surface area contributed by atoms with Gasteiger partial charge in [-0.2, -0.15) is 20.1 Å². The Kier molecular flexibility index (Phi) is 7.09. The summed E-state index contributed by atoms with van der Waals surface area (Å²) in [7, 11) is 0. The van der Waals surface area contributed by atoms with E-state index >= 15 is 0 Å². The third-order valence-corrected chi connectivity index (χ3v) is 5.14. The van der Waals surface area contributed by atoms with Gasteiger partial charge in [-0.15, -0.1) is 0 Å². The Bertz CT molecular complexity index is 1310. The van der Waals surface area contributed by atoms with Crippen molar-refractivity contribution in [3.63, 3.8) is 0 Å². The van der Waals surface area contributed by atoms with E-state index in [1.165, 1.54) is 6.26 Å². The highest BCUT2D eigenvalue weighted by Gasteiger charge is 2.17. The summed E-state index contributed by atoms with van der Waals surface area (Å²) in [5.41, 5.74) is 4.52. The van der Waals surface area contributed by atoms with E-state index in [2.05, 4.69) is 30.8 Å². The van der Waals surface area contributed by atoms with Gasteiger partial charge in [0.05, 0.1) is 25.7 Å². The van der Waals surface area contributed by atoms with Crippen LogP contribution in [0.4, 0.5) is 23.5 Å². The molecule has 1 fully saturated rings. The first-order valence-electron chi connectivity index (χ1n) is 11.3. The minimum absolute atomic E-state index is 0.139. The molecule has 11 nitrogen and oxygen atoms in total. The topological polar surface area (TPSA) is 127 Å². The van der Waals surface area contributed by atoms with E-state index in [1.807, 2.05) is 35.2 Å². The van der Waals surface area contributed by atoms with E-state index in [4.69, 9.17) is 13.9 Å². The Balaban J connectivity index is 1.27. The largest absolute Gasteiger partial charge is 0.457 e. The number of furan rings is 1. The molecular weight excluding hydrogens is 462 g/mol. The van der Waals surface area contributed by atoms with Gasteiger partial charge in [0, 0.05) is 18.8 Å². The smallest absolute Gasteiger partial charge is 0.379 e. The first-order chi connectivity index (χ1) is 17.7. The number of esters is 1. The number of morpholine rings is 1. The van der Waals surface area contributed by atoms with Crippen LogP contribution >= 0.6 is 0 Å². The summed E-state index contributed by atoms with van der Waals surface area (Å²) < 4.78 is 15.8. The molecule has 0 saturated carbocycles. The van der Waals surface area contributed by atoms with E-state index in [0.29, 0.717) is 49.9 Å². The number of carbonyl (C=O) groups excluding carboxylic acids is 1. The summed E-state index contributed by atoms with van der Waals surface area (Å²) in [5, 5.41) is 7.46. The lowest BCUT2D eigenvalue weighted by Crippen LogP contribution is -2.37. The van der Waals surface area contributed by atoms with Gasteiger partial charge in [-0.25, -0.2) is 10.2 Å².